The lowest BCUT2D eigenvalue weighted by molar-refractivity contribution is 0.475. The maximum Gasteiger partial charge on any atom is 0.116 e. The number of aromatic hydroxyl groups is 1. The molecule has 4 N–H and O–H groups in total. The zero-order valence-corrected chi connectivity index (χ0v) is 8.88. The Kier molecular flexibility index (Phi) is 2.64. The molecule has 0 saturated carbocycles. The minimum Gasteiger partial charge on any atom is -0.508 e. The van der Waals surface area contributed by atoms with E-state index in [-0.39, 0.29) is 0 Å². The fourth-order valence-electron chi connectivity index (χ4n) is 1.99. The predicted molar refractivity (Wildman–Crippen MR) is 62.1 cm³/mol. The molecule has 1 aromatic carbocycles. The van der Waals surface area contributed by atoms with Crippen molar-refractivity contribution in [2.75, 3.05) is 6.54 Å². The molecule has 0 aliphatic carbocycles. The second kappa shape index (κ2) is 3.95. The lowest BCUT2D eigenvalue weighted by Gasteiger charge is -2.02. The smallest absolute Gasteiger partial charge is 0.116 e. The Morgan fingerprint density at radius 1 is 1.33 bits per heavy atom. The minimum atomic E-state index is 0.331. The van der Waals surface area contributed by atoms with Gasteiger partial charge in [0.05, 0.1) is 0 Å². The topological polar surface area (TPSA) is 62.0 Å². The van der Waals surface area contributed by atoms with E-state index in [9.17, 15) is 5.11 Å². The van der Waals surface area contributed by atoms with Crippen molar-refractivity contribution in [2.24, 2.45) is 5.73 Å². The van der Waals surface area contributed by atoms with Crippen molar-refractivity contribution in [1.29, 1.82) is 0 Å². The van der Waals surface area contributed by atoms with E-state index in [1.54, 1.807) is 6.07 Å². The first-order valence-corrected chi connectivity index (χ1v) is 5.28. The zero-order valence-electron chi connectivity index (χ0n) is 8.88. The average molecular weight is 204 g/mol. The number of benzene rings is 1. The zero-order chi connectivity index (χ0) is 10.8. The number of H-pyrrole nitrogens is 1. The largest absolute Gasteiger partial charge is 0.508 e. The fourth-order valence-corrected chi connectivity index (χ4v) is 1.99. The summed E-state index contributed by atoms with van der Waals surface area (Å²) in [6, 6.07) is 3.61. The van der Waals surface area contributed by atoms with Crippen molar-refractivity contribution in [1.82, 2.24) is 4.98 Å². The van der Waals surface area contributed by atoms with Gasteiger partial charge in [-0.3, -0.25) is 0 Å². The third-order valence-electron chi connectivity index (χ3n) is 2.74. The summed E-state index contributed by atoms with van der Waals surface area (Å²) in [6.45, 7) is 2.71. The molecule has 1 aromatic heterocycles. The van der Waals surface area contributed by atoms with Crippen LogP contribution in [-0.2, 0) is 12.8 Å². The molecule has 2 rings (SSSR count). The third kappa shape index (κ3) is 1.70. The molecule has 0 atom stereocenters. The van der Waals surface area contributed by atoms with E-state index < -0.39 is 0 Å². The van der Waals surface area contributed by atoms with Crippen LogP contribution in [0.25, 0.3) is 10.9 Å². The second-order valence-electron chi connectivity index (χ2n) is 3.73. The summed E-state index contributed by atoms with van der Waals surface area (Å²) in [4.78, 5) is 3.25. The summed E-state index contributed by atoms with van der Waals surface area (Å²) in [5.41, 5.74) is 8.99. The van der Waals surface area contributed by atoms with Crippen LogP contribution < -0.4 is 5.73 Å². The van der Waals surface area contributed by atoms with Gasteiger partial charge in [-0.1, -0.05) is 6.92 Å². The lowest BCUT2D eigenvalue weighted by atomic mass is 10.0. The van der Waals surface area contributed by atoms with Gasteiger partial charge in [-0.05, 0) is 42.6 Å². The lowest BCUT2D eigenvalue weighted by Crippen LogP contribution is -2.01. The van der Waals surface area contributed by atoms with E-state index in [0.29, 0.717) is 12.3 Å². The Bertz CT molecular complexity index is 474. The van der Waals surface area contributed by atoms with Gasteiger partial charge in [0.15, 0.2) is 0 Å². The number of fused-ring (bicyclic) bond motifs is 1. The number of nitrogens with one attached hydrogen (secondary N) is 1. The Balaban J connectivity index is 2.64. The summed E-state index contributed by atoms with van der Waals surface area (Å²) in [7, 11) is 0. The molecule has 0 unspecified atom stereocenters. The molecule has 1 heterocycles. The number of aromatic nitrogens is 1. The van der Waals surface area contributed by atoms with E-state index in [1.165, 1.54) is 5.56 Å². The van der Waals surface area contributed by atoms with Gasteiger partial charge in [0, 0.05) is 17.1 Å². The Morgan fingerprint density at radius 3 is 2.80 bits per heavy atom. The van der Waals surface area contributed by atoms with Gasteiger partial charge in [-0.25, -0.2) is 0 Å². The average Bonchev–Trinajstić information content (AvgIpc) is 2.61. The highest BCUT2D eigenvalue weighted by Gasteiger charge is 2.07. The van der Waals surface area contributed by atoms with Crippen molar-refractivity contribution in [2.45, 2.75) is 19.8 Å². The maximum atomic E-state index is 9.61. The number of nitrogens with two attached hydrogens (primary N) is 1. The molecule has 0 aliphatic heterocycles. The summed E-state index contributed by atoms with van der Waals surface area (Å²) >= 11 is 0. The van der Waals surface area contributed by atoms with Crippen LogP contribution in [0.2, 0.25) is 0 Å². The Hall–Kier alpha value is -1.48. The van der Waals surface area contributed by atoms with Gasteiger partial charge in [-0.2, -0.15) is 0 Å². The van der Waals surface area contributed by atoms with E-state index in [0.717, 1.165) is 29.3 Å². The van der Waals surface area contributed by atoms with Crippen molar-refractivity contribution < 1.29 is 5.11 Å². The second-order valence-corrected chi connectivity index (χ2v) is 3.73. The van der Waals surface area contributed by atoms with Crippen LogP contribution in [-0.4, -0.2) is 16.6 Å². The van der Waals surface area contributed by atoms with Crippen molar-refractivity contribution >= 4 is 10.9 Å². The molecule has 0 saturated heterocycles. The molecule has 0 spiro atoms. The molecule has 15 heavy (non-hydrogen) atoms. The molecule has 3 nitrogen and oxygen atoms in total. The van der Waals surface area contributed by atoms with E-state index in [4.69, 9.17) is 5.73 Å². The molecular weight excluding hydrogens is 188 g/mol. The van der Waals surface area contributed by atoms with E-state index in [2.05, 4.69) is 11.9 Å². The fraction of sp³-hybridized carbons (Fsp3) is 0.333. The van der Waals surface area contributed by atoms with Gasteiger partial charge >= 0.3 is 0 Å². The summed E-state index contributed by atoms with van der Waals surface area (Å²) in [5, 5.41) is 10.7. The first kappa shape index (κ1) is 10.1. The van der Waals surface area contributed by atoms with E-state index in [1.807, 2.05) is 12.3 Å². The van der Waals surface area contributed by atoms with Crippen LogP contribution in [0.4, 0.5) is 0 Å². The van der Waals surface area contributed by atoms with Crippen molar-refractivity contribution in [3.05, 3.63) is 29.5 Å². The number of aromatic amines is 1. The first-order valence-electron chi connectivity index (χ1n) is 5.28. The first-order chi connectivity index (χ1) is 7.26. The monoisotopic (exact) mass is 204 g/mol. The van der Waals surface area contributed by atoms with Crippen LogP contribution in [0, 0.1) is 0 Å². The summed E-state index contributed by atoms with van der Waals surface area (Å²) in [5.74, 6) is 0.331. The summed E-state index contributed by atoms with van der Waals surface area (Å²) in [6.07, 6.45) is 3.73. The van der Waals surface area contributed by atoms with Gasteiger partial charge < -0.3 is 15.8 Å². The minimum absolute atomic E-state index is 0.331. The van der Waals surface area contributed by atoms with Crippen molar-refractivity contribution in [3.63, 3.8) is 0 Å². The number of phenolic OH excluding ortho intramolecular Hbond substituents is 1. The molecule has 0 radical (unpaired) electrons. The summed E-state index contributed by atoms with van der Waals surface area (Å²) < 4.78 is 0. The molecule has 80 valence electrons. The molecule has 3 heteroatoms. The Labute approximate surface area is 88.9 Å². The maximum absolute atomic E-state index is 9.61. The molecule has 0 aliphatic rings. The molecule has 0 fully saturated rings. The van der Waals surface area contributed by atoms with Gasteiger partial charge in [-0.15, -0.1) is 0 Å². The van der Waals surface area contributed by atoms with Crippen LogP contribution in [0.5, 0.6) is 5.75 Å². The number of hydrogen-bond donors (Lipinski definition) is 3. The van der Waals surface area contributed by atoms with Crippen LogP contribution in [0.1, 0.15) is 18.1 Å². The van der Waals surface area contributed by atoms with Crippen molar-refractivity contribution in [3.8, 4) is 5.75 Å². The number of hydrogen-bond acceptors (Lipinski definition) is 2. The van der Waals surface area contributed by atoms with E-state index >= 15 is 0 Å². The SMILES string of the molecule is CCc1cc(O)cc2c(CCN)c[nH]c12. The van der Waals surface area contributed by atoms with Crippen LogP contribution in [0.15, 0.2) is 18.3 Å². The Morgan fingerprint density at radius 2 is 2.13 bits per heavy atom. The normalized spacial score (nSPS) is 11.1. The van der Waals surface area contributed by atoms with Gasteiger partial charge in [0.1, 0.15) is 5.75 Å². The number of phenols is 1. The van der Waals surface area contributed by atoms with Crippen LogP contribution >= 0.6 is 0 Å². The standard InChI is InChI=1S/C12H16N2O/c1-2-8-5-10(15)6-11-9(3-4-13)7-14-12(8)11/h5-7,14-15H,2-4,13H2,1H3. The number of aryl methyl sites for hydroxylation is 1. The highest BCUT2D eigenvalue weighted by molar-refractivity contribution is 5.87. The molecule has 2 aromatic rings. The highest BCUT2D eigenvalue weighted by Crippen LogP contribution is 2.27. The number of rotatable bonds is 3. The third-order valence-corrected chi connectivity index (χ3v) is 2.74. The van der Waals surface area contributed by atoms with Crippen LogP contribution in [0.3, 0.4) is 0 Å². The highest BCUT2D eigenvalue weighted by atomic mass is 16.3. The van der Waals surface area contributed by atoms with Gasteiger partial charge in [0.25, 0.3) is 0 Å². The molecular formula is C12H16N2O. The molecule has 0 amide bonds. The molecule has 0 bridgehead atoms. The van der Waals surface area contributed by atoms with Gasteiger partial charge in [0.2, 0.25) is 0 Å². The predicted octanol–water partition coefficient (Wildman–Crippen LogP) is 1.94. The quantitative estimate of drug-likeness (QED) is 0.715.